The molecule has 0 aromatic rings. The molecule has 0 radical (unpaired) electrons. The maximum atomic E-state index is 5.96. The molecule has 0 amide bonds. The molecule has 0 N–H and O–H groups in total. The standard InChI is InChI=1S/C19H34O2/c1-6-7-8-11-16-19(5,20-16)14-12-17-18(4,21-17)13-9-10-15(2)3/h10,16-17H,6-9,11-14H2,1-5H3/t16-,17+,18+,19-/m0/s1. The van der Waals surface area contributed by atoms with Crippen molar-refractivity contribution in [2.75, 3.05) is 0 Å². The summed E-state index contributed by atoms with van der Waals surface area (Å²) in [5.41, 5.74) is 1.69. The molecule has 2 rings (SSSR count). The second-order valence-corrected chi connectivity index (χ2v) is 7.69. The van der Waals surface area contributed by atoms with E-state index in [-0.39, 0.29) is 11.2 Å². The zero-order chi connectivity index (χ0) is 15.5. The third-order valence-corrected chi connectivity index (χ3v) is 5.24. The molecule has 2 heteroatoms. The number of rotatable bonds is 10. The second kappa shape index (κ2) is 6.83. The number of hydrogen-bond acceptors (Lipinski definition) is 2. The van der Waals surface area contributed by atoms with Crippen molar-refractivity contribution in [3.8, 4) is 0 Å². The molecule has 122 valence electrons. The van der Waals surface area contributed by atoms with Crippen molar-refractivity contribution in [1.82, 2.24) is 0 Å². The average molecular weight is 294 g/mol. The van der Waals surface area contributed by atoms with Crippen LogP contribution in [0.2, 0.25) is 0 Å². The van der Waals surface area contributed by atoms with Gasteiger partial charge in [-0.3, -0.25) is 0 Å². The molecule has 0 aromatic carbocycles. The van der Waals surface area contributed by atoms with E-state index in [4.69, 9.17) is 9.47 Å². The van der Waals surface area contributed by atoms with Gasteiger partial charge in [0.05, 0.1) is 23.4 Å². The number of allylic oxidation sites excluding steroid dienone is 2. The summed E-state index contributed by atoms with van der Waals surface area (Å²) in [4.78, 5) is 0. The first-order valence-electron chi connectivity index (χ1n) is 8.88. The SMILES string of the molecule is CCCCC[C@@H]1O[C@@]1(C)CC[C@H]1O[C@]1(C)CCC=C(C)C. The monoisotopic (exact) mass is 294 g/mol. The van der Waals surface area contributed by atoms with E-state index in [1.165, 1.54) is 31.3 Å². The molecule has 2 saturated heterocycles. The maximum Gasteiger partial charge on any atom is 0.0923 e. The molecule has 2 nitrogen and oxygen atoms in total. The predicted molar refractivity (Wildman–Crippen MR) is 88.6 cm³/mol. The second-order valence-electron chi connectivity index (χ2n) is 7.69. The van der Waals surface area contributed by atoms with Gasteiger partial charge in [-0.2, -0.15) is 0 Å². The lowest BCUT2D eigenvalue weighted by Crippen LogP contribution is -2.15. The van der Waals surface area contributed by atoms with Crippen molar-refractivity contribution >= 4 is 0 Å². The van der Waals surface area contributed by atoms with Crippen LogP contribution in [0.15, 0.2) is 11.6 Å². The van der Waals surface area contributed by atoms with E-state index in [0.29, 0.717) is 12.2 Å². The van der Waals surface area contributed by atoms with Gasteiger partial charge < -0.3 is 9.47 Å². The van der Waals surface area contributed by atoms with E-state index < -0.39 is 0 Å². The third-order valence-electron chi connectivity index (χ3n) is 5.24. The summed E-state index contributed by atoms with van der Waals surface area (Å²) in [7, 11) is 0. The Balaban J connectivity index is 1.61. The van der Waals surface area contributed by atoms with Gasteiger partial charge in [0.1, 0.15) is 0 Å². The Morgan fingerprint density at radius 3 is 2.19 bits per heavy atom. The van der Waals surface area contributed by atoms with Crippen molar-refractivity contribution in [1.29, 1.82) is 0 Å². The van der Waals surface area contributed by atoms with Crippen LogP contribution in [0.3, 0.4) is 0 Å². The lowest BCUT2D eigenvalue weighted by Gasteiger charge is -2.07. The van der Waals surface area contributed by atoms with Crippen LogP contribution in [0.1, 0.15) is 86.0 Å². The first-order valence-corrected chi connectivity index (χ1v) is 8.88. The average Bonchev–Trinajstić information content (AvgIpc) is 3.25. The summed E-state index contributed by atoms with van der Waals surface area (Å²) >= 11 is 0. The number of ether oxygens (including phenoxy) is 2. The highest BCUT2D eigenvalue weighted by Gasteiger charge is 2.55. The van der Waals surface area contributed by atoms with Crippen LogP contribution in [0.25, 0.3) is 0 Å². The molecule has 0 spiro atoms. The van der Waals surface area contributed by atoms with Crippen molar-refractivity contribution in [3.63, 3.8) is 0 Å². The Morgan fingerprint density at radius 1 is 0.952 bits per heavy atom. The minimum absolute atomic E-state index is 0.134. The van der Waals surface area contributed by atoms with E-state index in [0.717, 1.165) is 25.7 Å². The normalized spacial score (nSPS) is 37.4. The third kappa shape index (κ3) is 4.82. The summed E-state index contributed by atoms with van der Waals surface area (Å²) in [5.74, 6) is 0. The molecule has 4 atom stereocenters. The Bertz CT molecular complexity index is 372. The minimum Gasteiger partial charge on any atom is -0.366 e. The van der Waals surface area contributed by atoms with E-state index in [1.807, 2.05) is 0 Å². The van der Waals surface area contributed by atoms with Crippen LogP contribution in [0.5, 0.6) is 0 Å². The summed E-state index contributed by atoms with van der Waals surface area (Å²) in [5, 5.41) is 0. The summed E-state index contributed by atoms with van der Waals surface area (Å²) in [6.45, 7) is 11.1. The van der Waals surface area contributed by atoms with E-state index in [1.54, 1.807) is 0 Å². The van der Waals surface area contributed by atoms with Gasteiger partial charge in [-0.1, -0.05) is 37.8 Å². The van der Waals surface area contributed by atoms with Crippen molar-refractivity contribution in [2.45, 2.75) is 109 Å². The van der Waals surface area contributed by atoms with Gasteiger partial charge in [0.15, 0.2) is 0 Å². The van der Waals surface area contributed by atoms with Gasteiger partial charge >= 0.3 is 0 Å². The zero-order valence-electron chi connectivity index (χ0n) is 14.7. The Kier molecular flexibility index (Phi) is 5.54. The molecule has 2 aliphatic heterocycles. The van der Waals surface area contributed by atoms with Crippen LogP contribution in [-0.4, -0.2) is 23.4 Å². The van der Waals surface area contributed by atoms with Gasteiger partial charge in [-0.05, 0) is 59.8 Å². The van der Waals surface area contributed by atoms with E-state index in [2.05, 4.69) is 40.7 Å². The van der Waals surface area contributed by atoms with Crippen LogP contribution in [0.4, 0.5) is 0 Å². The first-order chi connectivity index (χ1) is 9.89. The molecule has 0 aliphatic carbocycles. The number of epoxide rings is 2. The van der Waals surface area contributed by atoms with Crippen molar-refractivity contribution < 1.29 is 9.47 Å². The van der Waals surface area contributed by atoms with Gasteiger partial charge in [-0.25, -0.2) is 0 Å². The van der Waals surface area contributed by atoms with Crippen LogP contribution >= 0.6 is 0 Å². The molecule has 2 fully saturated rings. The van der Waals surface area contributed by atoms with Crippen LogP contribution < -0.4 is 0 Å². The zero-order valence-corrected chi connectivity index (χ0v) is 14.7. The molecule has 0 aromatic heterocycles. The predicted octanol–water partition coefficient (Wildman–Crippen LogP) is 5.41. The highest BCUT2D eigenvalue weighted by Crippen LogP contribution is 2.48. The Hall–Kier alpha value is -0.340. The largest absolute Gasteiger partial charge is 0.366 e. The maximum absolute atomic E-state index is 5.96. The van der Waals surface area contributed by atoms with Crippen LogP contribution in [-0.2, 0) is 9.47 Å². The van der Waals surface area contributed by atoms with E-state index in [9.17, 15) is 0 Å². The fourth-order valence-corrected chi connectivity index (χ4v) is 3.40. The smallest absolute Gasteiger partial charge is 0.0923 e. The Labute approximate surface area is 131 Å². The van der Waals surface area contributed by atoms with Crippen LogP contribution in [0, 0.1) is 0 Å². The molecule has 0 bridgehead atoms. The minimum atomic E-state index is 0.134. The molecular weight excluding hydrogens is 260 g/mol. The summed E-state index contributed by atoms with van der Waals surface area (Å²) in [6, 6.07) is 0. The molecule has 0 saturated carbocycles. The first kappa shape index (κ1) is 17.0. The van der Waals surface area contributed by atoms with Gasteiger partial charge in [0.2, 0.25) is 0 Å². The highest BCUT2D eigenvalue weighted by atomic mass is 16.6. The molecule has 2 heterocycles. The Morgan fingerprint density at radius 2 is 1.57 bits per heavy atom. The molecule has 2 aliphatic rings. The summed E-state index contributed by atoms with van der Waals surface area (Å²) in [6.07, 6.45) is 13.1. The fraction of sp³-hybridized carbons (Fsp3) is 0.895. The summed E-state index contributed by atoms with van der Waals surface area (Å²) < 4.78 is 11.9. The molecular formula is C19H34O2. The van der Waals surface area contributed by atoms with Crippen molar-refractivity contribution in [3.05, 3.63) is 11.6 Å². The van der Waals surface area contributed by atoms with Gasteiger partial charge in [-0.15, -0.1) is 0 Å². The number of unbranched alkanes of at least 4 members (excludes halogenated alkanes) is 2. The van der Waals surface area contributed by atoms with Gasteiger partial charge in [0, 0.05) is 0 Å². The molecule has 0 unspecified atom stereocenters. The number of hydrogen-bond donors (Lipinski definition) is 0. The lowest BCUT2D eigenvalue weighted by atomic mass is 9.92. The quantitative estimate of drug-likeness (QED) is 0.306. The van der Waals surface area contributed by atoms with Gasteiger partial charge in [0.25, 0.3) is 0 Å². The fourth-order valence-electron chi connectivity index (χ4n) is 3.40. The molecule has 21 heavy (non-hydrogen) atoms. The van der Waals surface area contributed by atoms with Crippen molar-refractivity contribution in [2.24, 2.45) is 0 Å². The highest BCUT2D eigenvalue weighted by molar-refractivity contribution is 5.05. The topological polar surface area (TPSA) is 25.1 Å². The van der Waals surface area contributed by atoms with E-state index >= 15 is 0 Å². The lowest BCUT2D eigenvalue weighted by molar-refractivity contribution is 0.269.